The highest BCUT2D eigenvalue weighted by atomic mass is 32.2. The highest BCUT2D eigenvalue weighted by molar-refractivity contribution is 7.90. The molecule has 0 amide bonds. The number of hydrogen-bond donors (Lipinski definition) is 1. The molecule has 1 saturated carbocycles. The van der Waals surface area contributed by atoms with Gasteiger partial charge in [0.25, 0.3) is 5.89 Å². The van der Waals surface area contributed by atoms with Crippen LogP contribution in [0.2, 0.25) is 0 Å². The van der Waals surface area contributed by atoms with Crippen molar-refractivity contribution >= 4 is 9.84 Å². The average Bonchev–Trinajstić information content (AvgIpc) is 3.07. The lowest BCUT2D eigenvalue weighted by Crippen LogP contribution is -2.34. The molecular weight excluding hydrogens is 290 g/mol. The molecular formula is C14H17N3O3S. The monoisotopic (exact) mass is 307 g/mol. The Labute approximate surface area is 123 Å². The van der Waals surface area contributed by atoms with E-state index in [0.29, 0.717) is 17.3 Å². The molecule has 0 radical (unpaired) electrons. The van der Waals surface area contributed by atoms with Crippen molar-refractivity contribution in [3.63, 3.8) is 0 Å². The van der Waals surface area contributed by atoms with E-state index in [-0.39, 0.29) is 4.90 Å². The number of rotatable bonds is 3. The Morgan fingerprint density at radius 2 is 2.00 bits per heavy atom. The van der Waals surface area contributed by atoms with Crippen molar-refractivity contribution in [2.24, 2.45) is 5.73 Å². The van der Waals surface area contributed by atoms with Gasteiger partial charge in [-0.1, -0.05) is 24.1 Å². The molecule has 1 aromatic carbocycles. The quantitative estimate of drug-likeness (QED) is 0.929. The lowest BCUT2D eigenvalue weighted by atomic mass is 9.99. The van der Waals surface area contributed by atoms with Gasteiger partial charge in [0.05, 0.1) is 10.4 Å². The van der Waals surface area contributed by atoms with Crippen molar-refractivity contribution < 1.29 is 12.9 Å². The second kappa shape index (κ2) is 4.92. The molecule has 0 spiro atoms. The molecule has 0 unspecified atom stereocenters. The van der Waals surface area contributed by atoms with Crippen molar-refractivity contribution in [3.8, 4) is 11.5 Å². The molecule has 0 saturated heterocycles. The Kier molecular flexibility index (Phi) is 3.33. The summed E-state index contributed by atoms with van der Waals surface area (Å²) in [5.74, 6) is 0.798. The minimum atomic E-state index is -3.27. The Morgan fingerprint density at radius 3 is 2.67 bits per heavy atom. The van der Waals surface area contributed by atoms with E-state index < -0.39 is 15.4 Å². The molecule has 1 fully saturated rings. The number of hydrogen-bond acceptors (Lipinski definition) is 6. The van der Waals surface area contributed by atoms with Crippen molar-refractivity contribution in [1.29, 1.82) is 0 Å². The summed E-state index contributed by atoms with van der Waals surface area (Å²) in [4.78, 5) is 4.58. The summed E-state index contributed by atoms with van der Waals surface area (Å²) in [5.41, 5.74) is 6.35. The Morgan fingerprint density at radius 1 is 1.29 bits per heavy atom. The molecule has 1 aliphatic rings. The molecule has 112 valence electrons. The molecule has 0 aliphatic heterocycles. The Bertz CT molecular complexity index is 761. The van der Waals surface area contributed by atoms with Crippen LogP contribution in [0.5, 0.6) is 0 Å². The SMILES string of the molecule is CS(=O)(=O)c1cccc(-c2nc(C3(N)CCCC3)no2)c1. The largest absolute Gasteiger partial charge is 0.334 e. The summed E-state index contributed by atoms with van der Waals surface area (Å²) in [5, 5.41) is 3.98. The molecule has 0 bridgehead atoms. The van der Waals surface area contributed by atoms with Gasteiger partial charge in [-0.2, -0.15) is 4.98 Å². The number of sulfone groups is 1. The molecule has 1 aromatic heterocycles. The number of benzene rings is 1. The first-order chi connectivity index (χ1) is 9.88. The zero-order chi connectivity index (χ0) is 15.1. The van der Waals surface area contributed by atoms with Crippen LogP contribution in [-0.4, -0.2) is 24.8 Å². The van der Waals surface area contributed by atoms with Crippen LogP contribution >= 0.6 is 0 Å². The van der Waals surface area contributed by atoms with Gasteiger partial charge in [0.15, 0.2) is 15.7 Å². The summed E-state index contributed by atoms with van der Waals surface area (Å²) in [6.45, 7) is 0. The van der Waals surface area contributed by atoms with Crippen molar-refractivity contribution in [2.45, 2.75) is 36.1 Å². The van der Waals surface area contributed by atoms with E-state index in [4.69, 9.17) is 10.3 Å². The summed E-state index contributed by atoms with van der Waals surface area (Å²) in [6, 6.07) is 6.47. The van der Waals surface area contributed by atoms with Gasteiger partial charge in [-0.15, -0.1) is 0 Å². The first-order valence-corrected chi connectivity index (χ1v) is 8.71. The van der Waals surface area contributed by atoms with Crippen molar-refractivity contribution in [1.82, 2.24) is 10.1 Å². The Hall–Kier alpha value is -1.73. The maximum absolute atomic E-state index is 11.6. The van der Waals surface area contributed by atoms with Crippen LogP contribution in [-0.2, 0) is 15.4 Å². The van der Waals surface area contributed by atoms with Gasteiger partial charge in [-0.3, -0.25) is 0 Å². The minimum absolute atomic E-state index is 0.225. The van der Waals surface area contributed by atoms with Gasteiger partial charge in [0.2, 0.25) is 0 Å². The summed E-state index contributed by atoms with van der Waals surface area (Å²) < 4.78 is 28.5. The van der Waals surface area contributed by atoms with Gasteiger partial charge in [-0.25, -0.2) is 8.42 Å². The van der Waals surface area contributed by atoms with Gasteiger partial charge >= 0.3 is 0 Å². The first kappa shape index (κ1) is 14.2. The summed E-state index contributed by atoms with van der Waals surface area (Å²) >= 11 is 0. The van der Waals surface area contributed by atoms with Gasteiger partial charge in [-0.05, 0) is 31.0 Å². The predicted molar refractivity (Wildman–Crippen MR) is 77.2 cm³/mol. The molecule has 1 aliphatic carbocycles. The van der Waals surface area contributed by atoms with Crippen LogP contribution in [0.4, 0.5) is 0 Å². The highest BCUT2D eigenvalue weighted by Gasteiger charge is 2.36. The van der Waals surface area contributed by atoms with E-state index in [1.807, 2.05) is 0 Å². The minimum Gasteiger partial charge on any atom is -0.334 e. The maximum Gasteiger partial charge on any atom is 0.258 e. The van der Waals surface area contributed by atoms with Gasteiger partial charge in [0.1, 0.15) is 0 Å². The standard InChI is InChI=1S/C14H17N3O3S/c1-21(18,19)11-6-4-5-10(9-11)12-16-13(17-20-12)14(15)7-2-3-8-14/h4-6,9H,2-3,7-8,15H2,1H3. The molecule has 3 rings (SSSR count). The molecule has 7 heteroatoms. The van der Waals surface area contributed by atoms with Crippen LogP contribution in [0, 0.1) is 0 Å². The first-order valence-electron chi connectivity index (χ1n) is 6.82. The topological polar surface area (TPSA) is 99.1 Å². The fraction of sp³-hybridized carbons (Fsp3) is 0.429. The smallest absolute Gasteiger partial charge is 0.258 e. The number of nitrogens with zero attached hydrogens (tertiary/aromatic N) is 2. The van der Waals surface area contributed by atoms with Gasteiger partial charge < -0.3 is 10.3 Å². The molecule has 21 heavy (non-hydrogen) atoms. The van der Waals surface area contributed by atoms with E-state index in [1.165, 1.54) is 18.4 Å². The van der Waals surface area contributed by atoms with Crippen LogP contribution in [0.1, 0.15) is 31.5 Å². The number of aromatic nitrogens is 2. The molecule has 2 N–H and O–H groups in total. The van der Waals surface area contributed by atoms with E-state index in [0.717, 1.165) is 25.7 Å². The van der Waals surface area contributed by atoms with E-state index in [2.05, 4.69) is 10.1 Å². The van der Waals surface area contributed by atoms with E-state index in [1.54, 1.807) is 12.1 Å². The van der Waals surface area contributed by atoms with Crippen molar-refractivity contribution in [3.05, 3.63) is 30.1 Å². The zero-order valence-electron chi connectivity index (χ0n) is 11.7. The fourth-order valence-electron chi connectivity index (χ4n) is 2.63. The normalized spacial score (nSPS) is 18.0. The third-order valence-electron chi connectivity index (χ3n) is 3.88. The zero-order valence-corrected chi connectivity index (χ0v) is 12.6. The highest BCUT2D eigenvalue weighted by Crippen LogP contribution is 2.35. The Balaban J connectivity index is 1.97. The maximum atomic E-state index is 11.6. The lowest BCUT2D eigenvalue weighted by molar-refractivity contribution is 0.372. The number of nitrogens with two attached hydrogens (primary N) is 1. The van der Waals surface area contributed by atoms with Crippen LogP contribution in [0.3, 0.4) is 0 Å². The molecule has 1 heterocycles. The van der Waals surface area contributed by atoms with Gasteiger partial charge in [0, 0.05) is 11.8 Å². The average molecular weight is 307 g/mol. The fourth-order valence-corrected chi connectivity index (χ4v) is 3.30. The molecule has 6 nitrogen and oxygen atoms in total. The summed E-state index contributed by atoms with van der Waals surface area (Å²) in [7, 11) is -3.27. The van der Waals surface area contributed by atoms with E-state index >= 15 is 0 Å². The summed E-state index contributed by atoms with van der Waals surface area (Å²) in [6.07, 6.45) is 4.97. The van der Waals surface area contributed by atoms with Crippen molar-refractivity contribution in [2.75, 3.05) is 6.26 Å². The van der Waals surface area contributed by atoms with Crippen LogP contribution in [0.25, 0.3) is 11.5 Å². The lowest BCUT2D eigenvalue weighted by Gasteiger charge is -2.17. The van der Waals surface area contributed by atoms with Crippen LogP contribution in [0.15, 0.2) is 33.7 Å². The second-order valence-corrected chi connectivity index (χ2v) is 7.60. The van der Waals surface area contributed by atoms with Crippen LogP contribution < -0.4 is 5.73 Å². The molecule has 2 aromatic rings. The van der Waals surface area contributed by atoms with E-state index in [9.17, 15) is 8.42 Å². The third-order valence-corrected chi connectivity index (χ3v) is 4.99. The second-order valence-electron chi connectivity index (χ2n) is 5.59. The predicted octanol–water partition coefficient (Wildman–Crippen LogP) is 1.87. The third kappa shape index (κ3) is 2.71. The molecule has 0 atom stereocenters.